The summed E-state index contributed by atoms with van der Waals surface area (Å²) in [5.74, 6) is -0.255. The lowest BCUT2D eigenvalue weighted by Crippen LogP contribution is -2.47. The number of likely N-dealkylation sites (tertiary alicyclic amines) is 1. The van der Waals surface area contributed by atoms with Gasteiger partial charge in [-0.25, -0.2) is 0 Å². The third kappa shape index (κ3) is 3.27. The molecule has 1 fully saturated rings. The highest BCUT2D eigenvalue weighted by molar-refractivity contribution is 5.66. The summed E-state index contributed by atoms with van der Waals surface area (Å²) in [5, 5.41) is 9.72. The van der Waals surface area contributed by atoms with E-state index >= 15 is 0 Å². The van der Waals surface area contributed by atoms with E-state index in [-0.39, 0.29) is 12.2 Å². The number of hydrogen-bond acceptors (Lipinski definition) is 4. The molecular weight excluding hydrogens is 182 g/mol. The molecule has 1 rings (SSSR count). The summed E-state index contributed by atoms with van der Waals surface area (Å²) in [7, 11) is 0. The van der Waals surface area contributed by atoms with Gasteiger partial charge in [-0.2, -0.15) is 0 Å². The normalized spacial score (nSPS) is 24.3. The monoisotopic (exact) mass is 201 g/mol. The third-order valence-electron chi connectivity index (χ3n) is 2.73. The van der Waals surface area contributed by atoms with Gasteiger partial charge in [0.2, 0.25) is 0 Å². The van der Waals surface area contributed by atoms with Crippen LogP contribution >= 0.6 is 0 Å². The van der Waals surface area contributed by atoms with Crippen LogP contribution in [0.25, 0.3) is 0 Å². The van der Waals surface area contributed by atoms with Crippen LogP contribution in [0.4, 0.5) is 0 Å². The maximum Gasteiger partial charge on any atom is 0.304 e. The highest BCUT2D eigenvalue weighted by Crippen LogP contribution is 2.22. The Balaban J connectivity index is 2.37. The van der Waals surface area contributed by atoms with Crippen molar-refractivity contribution in [2.45, 2.75) is 45.4 Å². The van der Waals surface area contributed by atoms with Gasteiger partial charge >= 0.3 is 5.97 Å². The molecule has 0 aromatic rings. The molecule has 1 N–H and O–H groups in total. The summed E-state index contributed by atoms with van der Waals surface area (Å²) in [6, 6.07) is 0. The molecule has 4 nitrogen and oxygen atoms in total. The molecule has 0 aliphatic carbocycles. The number of rotatable bonds is 2. The molecule has 0 aromatic carbocycles. The van der Waals surface area contributed by atoms with Crippen molar-refractivity contribution in [2.75, 3.05) is 13.1 Å². The predicted molar refractivity (Wildman–Crippen MR) is 52.7 cm³/mol. The van der Waals surface area contributed by atoms with Crippen LogP contribution in [-0.2, 0) is 9.53 Å². The van der Waals surface area contributed by atoms with Crippen LogP contribution in [0.2, 0.25) is 0 Å². The quantitative estimate of drug-likeness (QED) is 0.669. The Kier molecular flexibility index (Phi) is 3.50. The molecule has 14 heavy (non-hydrogen) atoms. The Morgan fingerprint density at radius 2 is 2.00 bits per heavy atom. The van der Waals surface area contributed by atoms with Crippen LogP contribution in [0, 0.1) is 0 Å². The molecule has 0 radical (unpaired) electrons. The Hall–Kier alpha value is -0.610. The fourth-order valence-electron chi connectivity index (χ4n) is 1.68. The fourth-order valence-corrected chi connectivity index (χ4v) is 1.68. The highest BCUT2D eigenvalue weighted by Gasteiger charge is 2.30. The number of ether oxygens (including phenoxy) is 1. The molecule has 1 aliphatic rings. The SMILES string of the molecule is CC(=O)OC(C)N1CCC(C)(O)CC1. The van der Waals surface area contributed by atoms with E-state index in [2.05, 4.69) is 4.90 Å². The first-order valence-corrected chi connectivity index (χ1v) is 5.04. The van der Waals surface area contributed by atoms with E-state index in [1.807, 2.05) is 13.8 Å². The summed E-state index contributed by atoms with van der Waals surface area (Å²) in [5.41, 5.74) is -0.549. The molecular formula is C10H19NO3. The maximum atomic E-state index is 10.7. The number of esters is 1. The van der Waals surface area contributed by atoms with Gasteiger partial charge in [-0.1, -0.05) is 0 Å². The molecule has 0 amide bonds. The molecule has 82 valence electrons. The molecule has 1 heterocycles. The zero-order valence-corrected chi connectivity index (χ0v) is 9.12. The van der Waals surface area contributed by atoms with Crippen molar-refractivity contribution in [3.8, 4) is 0 Å². The zero-order chi connectivity index (χ0) is 10.8. The Morgan fingerprint density at radius 3 is 2.43 bits per heavy atom. The van der Waals surface area contributed by atoms with Crippen LogP contribution in [0.3, 0.4) is 0 Å². The van der Waals surface area contributed by atoms with Crippen molar-refractivity contribution in [2.24, 2.45) is 0 Å². The molecule has 0 aromatic heterocycles. The first kappa shape index (κ1) is 11.5. The largest absolute Gasteiger partial charge is 0.447 e. The Bertz CT molecular complexity index is 205. The topological polar surface area (TPSA) is 49.8 Å². The third-order valence-corrected chi connectivity index (χ3v) is 2.73. The number of carbonyl (C=O) groups is 1. The second kappa shape index (κ2) is 4.28. The summed E-state index contributed by atoms with van der Waals surface area (Å²) >= 11 is 0. The van der Waals surface area contributed by atoms with E-state index < -0.39 is 5.60 Å². The number of piperidine rings is 1. The van der Waals surface area contributed by atoms with Gasteiger partial charge in [0, 0.05) is 20.0 Å². The van der Waals surface area contributed by atoms with Gasteiger partial charge in [0.15, 0.2) is 6.23 Å². The first-order valence-electron chi connectivity index (χ1n) is 5.04. The van der Waals surface area contributed by atoms with Crippen LogP contribution in [0.15, 0.2) is 0 Å². The predicted octanol–water partition coefficient (Wildman–Crippen LogP) is 0.742. The van der Waals surface area contributed by atoms with Gasteiger partial charge in [-0.15, -0.1) is 0 Å². The average molecular weight is 201 g/mol. The lowest BCUT2D eigenvalue weighted by Gasteiger charge is -2.38. The van der Waals surface area contributed by atoms with E-state index in [9.17, 15) is 9.90 Å². The summed E-state index contributed by atoms with van der Waals surface area (Å²) in [6.07, 6.45) is 1.29. The van der Waals surface area contributed by atoms with Crippen LogP contribution < -0.4 is 0 Å². The Morgan fingerprint density at radius 1 is 1.50 bits per heavy atom. The van der Waals surface area contributed by atoms with Crippen molar-refractivity contribution in [1.82, 2.24) is 4.90 Å². The maximum absolute atomic E-state index is 10.7. The van der Waals surface area contributed by atoms with E-state index in [1.54, 1.807) is 0 Å². The van der Waals surface area contributed by atoms with Gasteiger partial charge in [-0.3, -0.25) is 9.69 Å². The van der Waals surface area contributed by atoms with Crippen LogP contribution in [0.1, 0.15) is 33.6 Å². The molecule has 0 bridgehead atoms. The smallest absolute Gasteiger partial charge is 0.304 e. The number of carbonyl (C=O) groups excluding carboxylic acids is 1. The van der Waals surface area contributed by atoms with E-state index in [0.29, 0.717) is 0 Å². The summed E-state index contributed by atoms with van der Waals surface area (Å²) in [6.45, 7) is 6.68. The van der Waals surface area contributed by atoms with Gasteiger partial charge in [0.1, 0.15) is 0 Å². The van der Waals surface area contributed by atoms with Crippen molar-refractivity contribution in [1.29, 1.82) is 0 Å². The highest BCUT2D eigenvalue weighted by atomic mass is 16.6. The first-order chi connectivity index (χ1) is 6.41. The minimum atomic E-state index is -0.549. The van der Waals surface area contributed by atoms with E-state index in [1.165, 1.54) is 6.92 Å². The van der Waals surface area contributed by atoms with Crippen molar-refractivity contribution in [3.05, 3.63) is 0 Å². The van der Waals surface area contributed by atoms with Gasteiger partial charge in [0.05, 0.1) is 5.60 Å². The molecule has 1 saturated heterocycles. The second-order valence-corrected chi connectivity index (χ2v) is 4.24. The molecule has 4 heteroatoms. The number of nitrogens with zero attached hydrogens (tertiary/aromatic N) is 1. The van der Waals surface area contributed by atoms with Gasteiger partial charge in [0.25, 0.3) is 0 Å². The van der Waals surface area contributed by atoms with Crippen molar-refractivity contribution < 1.29 is 14.6 Å². The van der Waals surface area contributed by atoms with Gasteiger partial charge in [-0.05, 0) is 26.7 Å². The minimum absolute atomic E-state index is 0.177. The number of aliphatic hydroxyl groups is 1. The lowest BCUT2D eigenvalue weighted by molar-refractivity contribution is -0.158. The van der Waals surface area contributed by atoms with Crippen molar-refractivity contribution in [3.63, 3.8) is 0 Å². The second-order valence-electron chi connectivity index (χ2n) is 4.24. The average Bonchev–Trinajstić information content (AvgIpc) is 2.02. The Labute approximate surface area is 84.8 Å². The molecule has 0 saturated carbocycles. The minimum Gasteiger partial charge on any atom is -0.447 e. The molecule has 1 aliphatic heterocycles. The molecule has 0 spiro atoms. The van der Waals surface area contributed by atoms with E-state index in [4.69, 9.17) is 4.74 Å². The summed E-state index contributed by atoms with van der Waals surface area (Å²) in [4.78, 5) is 12.8. The standard InChI is InChI=1S/C10H19NO3/c1-8(14-9(2)12)11-6-4-10(3,13)5-7-11/h8,13H,4-7H2,1-3H3. The molecule has 1 atom stereocenters. The molecule has 1 unspecified atom stereocenters. The lowest BCUT2D eigenvalue weighted by atomic mass is 9.94. The zero-order valence-electron chi connectivity index (χ0n) is 9.12. The van der Waals surface area contributed by atoms with Crippen LogP contribution in [0.5, 0.6) is 0 Å². The fraction of sp³-hybridized carbons (Fsp3) is 0.900. The van der Waals surface area contributed by atoms with Crippen LogP contribution in [-0.4, -0.2) is 40.9 Å². The van der Waals surface area contributed by atoms with Crippen molar-refractivity contribution >= 4 is 5.97 Å². The number of hydrogen-bond donors (Lipinski definition) is 1. The van der Waals surface area contributed by atoms with E-state index in [0.717, 1.165) is 25.9 Å². The van der Waals surface area contributed by atoms with Gasteiger partial charge < -0.3 is 9.84 Å². The summed E-state index contributed by atoms with van der Waals surface area (Å²) < 4.78 is 5.06.